The van der Waals surface area contributed by atoms with E-state index >= 15 is 0 Å². The van der Waals surface area contributed by atoms with E-state index in [-0.39, 0.29) is 11.9 Å². The lowest BCUT2D eigenvalue weighted by Crippen LogP contribution is -2.24. The minimum atomic E-state index is -0.0579. The molecule has 32 heavy (non-hydrogen) atoms. The van der Waals surface area contributed by atoms with Gasteiger partial charge in [0.1, 0.15) is 11.5 Å². The van der Waals surface area contributed by atoms with Gasteiger partial charge < -0.3 is 4.57 Å². The fraction of sp³-hybridized carbons (Fsp3) is 0.304. The first-order chi connectivity index (χ1) is 15.6. The third-order valence-electron chi connectivity index (χ3n) is 6.02. The Bertz CT molecular complexity index is 1330. The molecule has 6 rings (SSSR count). The summed E-state index contributed by atoms with van der Waals surface area (Å²) in [5.74, 6) is 1.71. The number of nitrogens with zero attached hydrogens (tertiary/aromatic N) is 8. The summed E-state index contributed by atoms with van der Waals surface area (Å²) >= 11 is 0. The van der Waals surface area contributed by atoms with Gasteiger partial charge in [-0.05, 0) is 66.9 Å². The van der Waals surface area contributed by atoms with Gasteiger partial charge in [-0.25, -0.2) is 14.6 Å². The Kier molecular flexibility index (Phi) is 4.17. The minimum absolute atomic E-state index is 0.0579. The summed E-state index contributed by atoms with van der Waals surface area (Å²) in [6.07, 6.45) is 6.32. The first kappa shape index (κ1) is 18.9. The molecule has 1 amide bonds. The molecule has 0 spiro atoms. The van der Waals surface area contributed by atoms with Crippen LogP contribution in [0.25, 0.3) is 17.2 Å². The van der Waals surface area contributed by atoms with E-state index in [1.54, 1.807) is 9.58 Å². The monoisotopic (exact) mass is 426 g/mol. The number of rotatable bonds is 5. The number of hydrogen-bond acceptors (Lipinski definition) is 6. The lowest BCUT2D eigenvalue weighted by molar-refractivity contribution is 0.0996. The summed E-state index contributed by atoms with van der Waals surface area (Å²) in [6, 6.07) is 11.7. The van der Waals surface area contributed by atoms with E-state index < -0.39 is 0 Å². The molecular weight excluding hydrogens is 404 g/mol. The highest BCUT2D eigenvalue weighted by Crippen LogP contribution is 2.39. The van der Waals surface area contributed by atoms with E-state index in [2.05, 4.69) is 26.7 Å². The molecule has 0 atom stereocenters. The van der Waals surface area contributed by atoms with Crippen molar-refractivity contribution < 1.29 is 4.79 Å². The fourth-order valence-electron chi connectivity index (χ4n) is 4.11. The van der Waals surface area contributed by atoms with Crippen molar-refractivity contribution in [1.29, 1.82) is 0 Å². The van der Waals surface area contributed by atoms with Crippen LogP contribution in [-0.4, -0.2) is 40.6 Å². The Morgan fingerprint density at radius 2 is 2.00 bits per heavy atom. The summed E-state index contributed by atoms with van der Waals surface area (Å²) in [4.78, 5) is 24.2. The average Bonchev–Trinajstić information content (AvgIpc) is 3.22. The van der Waals surface area contributed by atoms with Crippen molar-refractivity contribution in [2.24, 2.45) is 0 Å². The van der Waals surface area contributed by atoms with Gasteiger partial charge in [0, 0.05) is 23.4 Å². The molecule has 1 aromatic carbocycles. The van der Waals surface area contributed by atoms with Crippen LogP contribution in [0.15, 0.2) is 48.9 Å². The van der Waals surface area contributed by atoms with Crippen LogP contribution in [0.1, 0.15) is 60.3 Å². The van der Waals surface area contributed by atoms with Crippen LogP contribution in [0.5, 0.6) is 0 Å². The minimum Gasteiger partial charge on any atom is -0.306 e. The van der Waals surface area contributed by atoms with E-state index in [1.165, 1.54) is 12.8 Å². The maximum atomic E-state index is 13.3. The van der Waals surface area contributed by atoms with Crippen LogP contribution in [0.3, 0.4) is 0 Å². The molecule has 0 unspecified atom stereocenters. The number of fused-ring (bicyclic) bond motifs is 1. The van der Waals surface area contributed by atoms with Crippen molar-refractivity contribution in [3.05, 3.63) is 65.7 Å². The number of benzene rings is 1. The maximum Gasteiger partial charge on any atom is 0.260 e. The van der Waals surface area contributed by atoms with Gasteiger partial charge in [-0.2, -0.15) is 0 Å². The lowest BCUT2D eigenvalue weighted by atomic mass is 10.1. The van der Waals surface area contributed by atoms with Gasteiger partial charge in [0.15, 0.2) is 0 Å². The van der Waals surface area contributed by atoms with Crippen molar-refractivity contribution in [2.45, 2.75) is 45.2 Å². The second-order valence-electron chi connectivity index (χ2n) is 8.63. The van der Waals surface area contributed by atoms with Crippen molar-refractivity contribution in [3.63, 3.8) is 0 Å². The highest BCUT2D eigenvalue weighted by atomic mass is 16.2. The number of imidazole rings is 1. The SMILES string of the molecule is CC(C)n1nnnc1-c1cccc(N2Cc3ccc(-n4cnc(C5CC5)c4)cc3C2=O)n1. The smallest absolute Gasteiger partial charge is 0.260 e. The summed E-state index contributed by atoms with van der Waals surface area (Å²) in [6.45, 7) is 4.50. The third kappa shape index (κ3) is 3.08. The normalized spacial score (nSPS) is 15.6. The first-order valence-electron chi connectivity index (χ1n) is 10.8. The molecule has 0 radical (unpaired) electrons. The molecule has 3 aromatic heterocycles. The molecule has 160 valence electrons. The molecule has 1 fully saturated rings. The summed E-state index contributed by atoms with van der Waals surface area (Å²) in [7, 11) is 0. The number of amides is 1. The predicted molar refractivity (Wildman–Crippen MR) is 117 cm³/mol. The maximum absolute atomic E-state index is 13.3. The van der Waals surface area contributed by atoms with Gasteiger partial charge in [-0.1, -0.05) is 12.1 Å². The molecule has 1 aliphatic carbocycles. The van der Waals surface area contributed by atoms with Crippen molar-refractivity contribution >= 4 is 11.7 Å². The quantitative estimate of drug-likeness (QED) is 0.484. The standard InChI is InChI=1S/C23H22N8O/c1-14(2)31-22(26-27-28-31)19-4-3-5-21(25-19)30-11-16-8-9-17(10-18(16)23(30)32)29-12-20(24-13-29)15-6-7-15/h3-5,8-10,12-15H,6-7,11H2,1-2H3. The zero-order chi connectivity index (χ0) is 21.8. The van der Waals surface area contributed by atoms with Crippen molar-refractivity contribution in [3.8, 4) is 17.2 Å². The van der Waals surface area contributed by atoms with Gasteiger partial charge in [-0.15, -0.1) is 5.10 Å². The van der Waals surface area contributed by atoms with Crippen molar-refractivity contribution in [2.75, 3.05) is 4.90 Å². The van der Waals surface area contributed by atoms with Crippen LogP contribution < -0.4 is 4.90 Å². The van der Waals surface area contributed by atoms with E-state index in [9.17, 15) is 4.79 Å². The molecule has 2 aliphatic rings. The van der Waals surface area contributed by atoms with Crippen molar-refractivity contribution in [1.82, 2.24) is 34.7 Å². The molecule has 1 aliphatic heterocycles. The molecule has 9 heteroatoms. The molecule has 0 saturated heterocycles. The number of pyridine rings is 1. The largest absolute Gasteiger partial charge is 0.306 e. The van der Waals surface area contributed by atoms with Gasteiger partial charge >= 0.3 is 0 Å². The Labute approximate surface area is 184 Å². The van der Waals surface area contributed by atoms with Crippen LogP contribution in [0.2, 0.25) is 0 Å². The Hall–Kier alpha value is -3.88. The molecule has 9 nitrogen and oxygen atoms in total. The second-order valence-corrected chi connectivity index (χ2v) is 8.63. The van der Waals surface area contributed by atoms with Crippen LogP contribution in [0, 0.1) is 0 Å². The predicted octanol–water partition coefficient (Wildman–Crippen LogP) is 3.54. The van der Waals surface area contributed by atoms with Crippen LogP contribution >= 0.6 is 0 Å². The Morgan fingerprint density at radius 1 is 1.12 bits per heavy atom. The van der Waals surface area contributed by atoms with Gasteiger partial charge in [-0.3, -0.25) is 9.69 Å². The zero-order valence-electron chi connectivity index (χ0n) is 17.9. The third-order valence-corrected chi connectivity index (χ3v) is 6.02. The fourth-order valence-corrected chi connectivity index (χ4v) is 4.11. The summed E-state index contributed by atoms with van der Waals surface area (Å²) in [5.41, 5.74) is 4.39. The molecule has 4 heterocycles. The van der Waals surface area contributed by atoms with E-state index in [0.717, 1.165) is 16.9 Å². The molecule has 4 aromatic rings. The van der Waals surface area contributed by atoms with Gasteiger partial charge in [0.25, 0.3) is 5.91 Å². The number of carbonyl (C=O) groups excluding carboxylic acids is 1. The first-order valence-corrected chi connectivity index (χ1v) is 10.8. The van der Waals surface area contributed by atoms with E-state index in [1.807, 2.05) is 61.1 Å². The number of hydrogen-bond donors (Lipinski definition) is 0. The number of tetrazole rings is 1. The van der Waals surface area contributed by atoms with E-state index in [0.29, 0.717) is 35.4 Å². The number of aromatic nitrogens is 7. The Morgan fingerprint density at radius 3 is 2.81 bits per heavy atom. The highest BCUT2D eigenvalue weighted by molar-refractivity contribution is 6.09. The molecule has 1 saturated carbocycles. The topological polar surface area (TPSA) is 94.6 Å². The van der Waals surface area contributed by atoms with Gasteiger partial charge in [0.05, 0.1) is 24.6 Å². The van der Waals surface area contributed by atoms with Crippen LogP contribution in [-0.2, 0) is 6.54 Å². The second kappa shape index (κ2) is 7.08. The van der Waals surface area contributed by atoms with Gasteiger partial charge in [0.2, 0.25) is 5.82 Å². The zero-order valence-corrected chi connectivity index (χ0v) is 17.9. The van der Waals surface area contributed by atoms with Crippen LogP contribution in [0.4, 0.5) is 5.82 Å². The Balaban J connectivity index is 1.30. The lowest BCUT2D eigenvalue weighted by Gasteiger charge is -2.15. The number of anilines is 1. The summed E-state index contributed by atoms with van der Waals surface area (Å²) < 4.78 is 3.72. The molecule has 0 bridgehead atoms. The molecular formula is C23H22N8O. The highest BCUT2D eigenvalue weighted by Gasteiger charge is 2.31. The average molecular weight is 426 g/mol. The van der Waals surface area contributed by atoms with E-state index in [4.69, 9.17) is 4.98 Å². The summed E-state index contributed by atoms with van der Waals surface area (Å²) in [5, 5.41) is 12.0. The molecule has 0 N–H and O–H groups in total. The number of carbonyl (C=O) groups is 1.